The summed E-state index contributed by atoms with van der Waals surface area (Å²) >= 11 is 0. The molecule has 5 nitrogen and oxygen atoms in total. The minimum atomic E-state index is -0.220. The van der Waals surface area contributed by atoms with Crippen molar-refractivity contribution in [2.24, 2.45) is 46.3 Å². The Kier molecular flexibility index (Phi) is 6.63. The summed E-state index contributed by atoms with van der Waals surface area (Å²) in [6.45, 7) is 10.1. The number of carbonyl (C=O) groups is 1. The first-order chi connectivity index (χ1) is 15.7. The molecule has 10 atom stereocenters. The van der Waals surface area contributed by atoms with Crippen LogP contribution >= 0.6 is 0 Å². The number of aliphatic hydroxyl groups is 2. The molecule has 2 N–H and O–H groups in total. The van der Waals surface area contributed by atoms with Crippen molar-refractivity contribution in [1.82, 2.24) is 4.90 Å². The fraction of sp³-hybridized carbons (Fsp3) is 0.964. The number of hydrogen-bond acceptors (Lipinski definition) is 4. The first-order valence-electron chi connectivity index (χ1n) is 14.0. The number of amides is 1. The molecule has 0 aromatic carbocycles. The van der Waals surface area contributed by atoms with Gasteiger partial charge in [-0.2, -0.15) is 0 Å². The van der Waals surface area contributed by atoms with E-state index in [1.807, 2.05) is 4.90 Å². The van der Waals surface area contributed by atoms with Crippen LogP contribution in [-0.2, 0) is 9.53 Å². The van der Waals surface area contributed by atoms with Gasteiger partial charge in [0.1, 0.15) is 0 Å². The molecule has 5 heteroatoms. The zero-order chi connectivity index (χ0) is 23.4. The van der Waals surface area contributed by atoms with E-state index < -0.39 is 0 Å². The van der Waals surface area contributed by atoms with Crippen LogP contribution < -0.4 is 0 Å². The van der Waals surface area contributed by atoms with Crippen molar-refractivity contribution in [1.29, 1.82) is 0 Å². The summed E-state index contributed by atoms with van der Waals surface area (Å²) in [6.07, 6.45) is 10.1. The molecule has 5 fully saturated rings. The Morgan fingerprint density at radius 2 is 1.82 bits per heavy atom. The molecule has 0 aromatic heterocycles. The second kappa shape index (κ2) is 9.09. The summed E-state index contributed by atoms with van der Waals surface area (Å²) in [5.41, 5.74) is 0.385. The smallest absolute Gasteiger partial charge is 0.222 e. The van der Waals surface area contributed by atoms with E-state index in [1.54, 1.807) is 0 Å². The molecule has 5 rings (SSSR count). The van der Waals surface area contributed by atoms with Gasteiger partial charge in [-0.1, -0.05) is 20.8 Å². The lowest BCUT2D eigenvalue weighted by Gasteiger charge is -2.62. The molecule has 0 aromatic rings. The Labute approximate surface area is 200 Å². The van der Waals surface area contributed by atoms with E-state index in [4.69, 9.17) is 4.74 Å². The third kappa shape index (κ3) is 4.08. The number of ether oxygens (including phenoxy) is 1. The maximum Gasteiger partial charge on any atom is 0.222 e. The average molecular weight is 462 g/mol. The summed E-state index contributed by atoms with van der Waals surface area (Å²) in [7, 11) is 0. The molecular weight excluding hydrogens is 414 g/mol. The third-order valence-electron chi connectivity index (χ3n) is 11.5. The Bertz CT molecular complexity index is 723. The van der Waals surface area contributed by atoms with Crippen molar-refractivity contribution in [3.8, 4) is 0 Å². The number of hydrogen-bond donors (Lipinski definition) is 2. The maximum absolute atomic E-state index is 12.7. The van der Waals surface area contributed by atoms with Crippen molar-refractivity contribution in [2.75, 3.05) is 26.3 Å². The zero-order valence-electron chi connectivity index (χ0n) is 21.2. The number of fused-ring (bicyclic) bond motifs is 5. The Morgan fingerprint density at radius 1 is 1.06 bits per heavy atom. The van der Waals surface area contributed by atoms with Crippen LogP contribution in [0.25, 0.3) is 0 Å². The molecule has 0 bridgehead atoms. The largest absolute Gasteiger partial charge is 0.393 e. The Balaban J connectivity index is 1.27. The fourth-order valence-corrected chi connectivity index (χ4v) is 9.86. The third-order valence-corrected chi connectivity index (χ3v) is 11.5. The summed E-state index contributed by atoms with van der Waals surface area (Å²) in [5.74, 6) is 3.72. The van der Waals surface area contributed by atoms with Gasteiger partial charge in [0.05, 0.1) is 25.4 Å². The van der Waals surface area contributed by atoms with E-state index in [-0.39, 0.29) is 23.0 Å². The number of rotatable bonds is 4. The van der Waals surface area contributed by atoms with Gasteiger partial charge in [0, 0.05) is 19.5 Å². The van der Waals surface area contributed by atoms with Gasteiger partial charge in [-0.15, -0.1) is 0 Å². The summed E-state index contributed by atoms with van der Waals surface area (Å²) in [5, 5.41) is 21.9. The summed E-state index contributed by atoms with van der Waals surface area (Å²) in [6, 6.07) is 0. The molecule has 1 heterocycles. The van der Waals surface area contributed by atoms with Gasteiger partial charge >= 0.3 is 0 Å². The highest BCUT2D eigenvalue weighted by Crippen LogP contribution is 2.68. The Morgan fingerprint density at radius 3 is 2.58 bits per heavy atom. The average Bonchev–Trinajstić information content (AvgIpc) is 3.14. The second-order valence-corrected chi connectivity index (χ2v) is 13.0. The van der Waals surface area contributed by atoms with Crippen molar-refractivity contribution in [2.45, 2.75) is 97.2 Å². The number of morpholine rings is 1. The summed E-state index contributed by atoms with van der Waals surface area (Å²) < 4.78 is 5.40. The molecule has 1 aliphatic heterocycles. The van der Waals surface area contributed by atoms with Crippen molar-refractivity contribution < 1.29 is 19.7 Å². The molecule has 5 aliphatic rings. The molecule has 0 spiro atoms. The molecule has 0 unspecified atom stereocenters. The first kappa shape index (κ1) is 24.1. The van der Waals surface area contributed by atoms with E-state index in [9.17, 15) is 15.0 Å². The molecule has 33 heavy (non-hydrogen) atoms. The molecule has 1 amide bonds. The van der Waals surface area contributed by atoms with Crippen LogP contribution in [0.1, 0.15) is 85.0 Å². The standard InChI is InChI=1S/C28H47NO4/c1-18(4-9-25(32)29-12-14-33-15-13-29)22-7-8-23-21-6-5-19-16-20(30)10-11-27(19,2)26(21)24(31)17-28(22,23)3/h18-24,26,30-31H,4-17H2,1-3H3/t18-,19+,20+,21+,22-,23+,24+,26-,27+,28-/m1/s1. The van der Waals surface area contributed by atoms with Gasteiger partial charge in [0.25, 0.3) is 0 Å². The highest BCUT2D eigenvalue weighted by Gasteiger charge is 2.63. The predicted octanol–water partition coefficient (Wildman–Crippen LogP) is 4.25. The minimum absolute atomic E-state index is 0.137. The lowest BCUT2D eigenvalue weighted by molar-refractivity contribution is -0.179. The van der Waals surface area contributed by atoms with Crippen LogP contribution in [0.2, 0.25) is 0 Å². The molecule has 188 valence electrons. The zero-order valence-corrected chi connectivity index (χ0v) is 21.2. The fourth-order valence-electron chi connectivity index (χ4n) is 9.86. The minimum Gasteiger partial charge on any atom is -0.393 e. The van der Waals surface area contributed by atoms with Crippen LogP contribution in [0, 0.1) is 46.3 Å². The lowest BCUT2D eigenvalue weighted by atomic mass is 9.43. The number of nitrogens with zero attached hydrogens (tertiary/aromatic N) is 1. The van der Waals surface area contributed by atoms with Crippen LogP contribution in [-0.4, -0.2) is 59.5 Å². The molecule has 4 aliphatic carbocycles. The molecule has 4 saturated carbocycles. The highest BCUT2D eigenvalue weighted by molar-refractivity contribution is 5.76. The first-order valence-corrected chi connectivity index (χ1v) is 14.0. The molecule has 1 saturated heterocycles. The summed E-state index contributed by atoms with van der Waals surface area (Å²) in [4.78, 5) is 14.7. The predicted molar refractivity (Wildman–Crippen MR) is 128 cm³/mol. The monoisotopic (exact) mass is 461 g/mol. The van der Waals surface area contributed by atoms with E-state index in [1.165, 1.54) is 25.7 Å². The highest BCUT2D eigenvalue weighted by atomic mass is 16.5. The molecule has 0 radical (unpaired) electrons. The van der Waals surface area contributed by atoms with Crippen LogP contribution in [0.5, 0.6) is 0 Å². The van der Waals surface area contributed by atoms with Crippen molar-refractivity contribution in [3.05, 3.63) is 0 Å². The topological polar surface area (TPSA) is 70.0 Å². The Hall–Kier alpha value is -0.650. The second-order valence-electron chi connectivity index (χ2n) is 13.0. The van der Waals surface area contributed by atoms with Gasteiger partial charge in [0.2, 0.25) is 5.91 Å². The lowest BCUT2D eigenvalue weighted by Crippen LogP contribution is -2.59. The van der Waals surface area contributed by atoms with E-state index in [0.717, 1.165) is 45.2 Å². The van der Waals surface area contributed by atoms with Crippen LogP contribution in [0.4, 0.5) is 0 Å². The van der Waals surface area contributed by atoms with Gasteiger partial charge < -0.3 is 19.8 Å². The quantitative estimate of drug-likeness (QED) is 0.657. The van der Waals surface area contributed by atoms with Crippen molar-refractivity contribution in [3.63, 3.8) is 0 Å². The van der Waals surface area contributed by atoms with E-state index >= 15 is 0 Å². The van der Waals surface area contributed by atoms with Crippen LogP contribution in [0.15, 0.2) is 0 Å². The SMILES string of the molecule is C[C@H](CCC(=O)N1CCOCC1)[C@H]1CC[C@H]2[C@@H]3CC[C@H]4C[C@@H](O)CC[C@]4(C)[C@H]3[C@@H](O)C[C@]12C. The maximum atomic E-state index is 12.7. The van der Waals surface area contributed by atoms with Gasteiger partial charge in [0.15, 0.2) is 0 Å². The van der Waals surface area contributed by atoms with Gasteiger partial charge in [-0.3, -0.25) is 4.79 Å². The van der Waals surface area contributed by atoms with Gasteiger partial charge in [-0.25, -0.2) is 0 Å². The normalized spacial score (nSPS) is 48.5. The molecular formula is C28H47NO4. The van der Waals surface area contributed by atoms with Crippen molar-refractivity contribution >= 4 is 5.91 Å². The van der Waals surface area contributed by atoms with Crippen LogP contribution in [0.3, 0.4) is 0 Å². The van der Waals surface area contributed by atoms with E-state index in [0.29, 0.717) is 61.0 Å². The van der Waals surface area contributed by atoms with Gasteiger partial charge in [-0.05, 0) is 104 Å². The number of aliphatic hydroxyl groups excluding tert-OH is 2. The number of carbonyl (C=O) groups excluding carboxylic acids is 1. The van der Waals surface area contributed by atoms with E-state index in [2.05, 4.69) is 20.8 Å².